The van der Waals surface area contributed by atoms with Crippen molar-refractivity contribution in [3.63, 3.8) is 0 Å². The summed E-state index contributed by atoms with van der Waals surface area (Å²) in [4.78, 5) is 49.7. The number of carboxylic acid groups (broad SMARTS) is 2. The number of hydrogen-bond donors (Lipinski definition) is 3. The molecule has 1 saturated carbocycles. The molecule has 2 aliphatic rings. The molecule has 1 heterocycles. The van der Waals surface area contributed by atoms with Gasteiger partial charge in [-0.05, 0) is 36.5 Å². The van der Waals surface area contributed by atoms with Crippen LogP contribution >= 0.6 is 33.2 Å². The maximum absolute atomic E-state index is 13.3. The molecule has 184 valence electrons. The fraction of sp³-hybridized carbons (Fsp3) is 0.478. The molecule has 1 fully saturated rings. The summed E-state index contributed by atoms with van der Waals surface area (Å²) in [7, 11) is 2.62. The second kappa shape index (κ2) is 12.0. The first kappa shape index (κ1) is 26.4. The minimum atomic E-state index is -1.14. The van der Waals surface area contributed by atoms with Crippen LogP contribution in [0.25, 0.3) is 0 Å². The monoisotopic (exact) mass is 526 g/mol. The zero-order valence-electron chi connectivity index (χ0n) is 18.7. The lowest BCUT2D eigenvalue weighted by atomic mass is 9.94. The highest BCUT2D eigenvalue weighted by Gasteiger charge is 2.40. The van der Waals surface area contributed by atoms with Gasteiger partial charge in [-0.15, -0.1) is 0 Å². The van der Waals surface area contributed by atoms with Gasteiger partial charge in [-0.1, -0.05) is 51.4 Å². The predicted octanol–water partition coefficient (Wildman–Crippen LogP) is 3.59. The van der Waals surface area contributed by atoms with E-state index in [1.807, 2.05) is 23.1 Å². The standard InChI is InChI=1S/C23H27ClN2O6S2/c1-13(27)25-18(23(31)32)12-33-34-19-8-9-26(11-15-4-2-3-5-17(15)24)21(16(19)10-20(28)29)22(30)14-6-7-14/h2-5,14,18-19H,6-12H2,1H3,(H,25,27)(H,28,29)(H,31,32). The maximum Gasteiger partial charge on any atom is 0.327 e. The first-order valence-electron chi connectivity index (χ1n) is 10.9. The van der Waals surface area contributed by atoms with E-state index in [0.29, 0.717) is 35.8 Å². The van der Waals surface area contributed by atoms with Crippen molar-refractivity contribution >= 4 is 56.8 Å². The Hall–Kier alpha value is -2.17. The molecule has 0 saturated heterocycles. The van der Waals surface area contributed by atoms with Gasteiger partial charge >= 0.3 is 11.9 Å². The highest BCUT2D eigenvalue weighted by Crippen LogP contribution is 2.43. The Morgan fingerprint density at radius 2 is 1.88 bits per heavy atom. The molecule has 0 spiro atoms. The topological polar surface area (TPSA) is 124 Å². The molecule has 0 radical (unpaired) electrons. The number of carboxylic acids is 2. The molecule has 34 heavy (non-hydrogen) atoms. The first-order valence-corrected chi connectivity index (χ1v) is 13.7. The van der Waals surface area contributed by atoms with Crippen molar-refractivity contribution in [3.05, 3.63) is 46.1 Å². The summed E-state index contributed by atoms with van der Waals surface area (Å²) in [5.74, 6) is -2.59. The second-order valence-corrected chi connectivity index (χ2v) is 11.4. The lowest BCUT2D eigenvalue weighted by Crippen LogP contribution is -2.41. The van der Waals surface area contributed by atoms with Gasteiger partial charge in [0.1, 0.15) is 6.04 Å². The fourth-order valence-corrected chi connectivity index (χ4v) is 6.92. The number of nitrogens with zero attached hydrogens (tertiary/aromatic N) is 1. The third-order valence-electron chi connectivity index (χ3n) is 5.61. The van der Waals surface area contributed by atoms with E-state index in [0.717, 1.165) is 18.4 Å². The summed E-state index contributed by atoms with van der Waals surface area (Å²) < 4.78 is 0. The van der Waals surface area contributed by atoms with Crippen LogP contribution in [-0.4, -0.2) is 62.3 Å². The molecule has 8 nitrogen and oxygen atoms in total. The van der Waals surface area contributed by atoms with Crippen LogP contribution in [-0.2, 0) is 25.7 Å². The minimum Gasteiger partial charge on any atom is -0.481 e. The molecule has 11 heteroatoms. The zero-order valence-corrected chi connectivity index (χ0v) is 21.0. The predicted molar refractivity (Wildman–Crippen MR) is 133 cm³/mol. The Balaban J connectivity index is 1.85. The summed E-state index contributed by atoms with van der Waals surface area (Å²) in [6.45, 7) is 2.21. The molecular weight excluding hydrogens is 500 g/mol. The molecule has 3 rings (SSSR count). The highest BCUT2D eigenvalue weighted by molar-refractivity contribution is 8.77. The van der Waals surface area contributed by atoms with Gasteiger partial charge in [0.15, 0.2) is 5.78 Å². The Bertz CT molecular complexity index is 997. The van der Waals surface area contributed by atoms with Crippen LogP contribution in [0.1, 0.15) is 38.2 Å². The van der Waals surface area contributed by atoms with Crippen molar-refractivity contribution in [2.24, 2.45) is 5.92 Å². The summed E-state index contributed by atoms with van der Waals surface area (Å²) in [5.41, 5.74) is 1.89. The van der Waals surface area contributed by atoms with E-state index in [4.69, 9.17) is 11.6 Å². The second-order valence-electron chi connectivity index (χ2n) is 8.35. The number of rotatable bonds is 12. The molecule has 3 N–H and O–H groups in total. The number of amides is 1. The molecule has 1 amide bonds. The number of carbonyl (C=O) groups excluding carboxylic acids is 2. The van der Waals surface area contributed by atoms with Gasteiger partial charge in [0, 0.05) is 42.0 Å². The Morgan fingerprint density at radius 3 is 2.47 bits per heavy atom. The molecule has 1 aromatic carbocycles. The van der Waals surface area contributed by atoms with Crippen LogP contribution in [0.2, 0.25) is 5.02 Å². The average Bonchev–Trinajstić information content (AvgIpc) is 3.60. The number of allylic oxidation sites excluding steroid dienone is 1. The molecule has 1 aliphatic carbocycles. The van der Waals surface area contributed by atoms with Crippen molar-refractivity contribution in [3.8, 4) is 0 Å². The van der Waals surface area contributed by atoms with Crippen LogP contribution in [0.3, 0.4) is 0 Å². The van der Waals surface area contributed by atoms with Gasteiger partial charge in [0.25, 0.3) is 0 Å². The average molecular weight is 527 g/mol. The third-order valence-corrected chi connectivity index (χ3v) is 8.85. The number of halogens is 1. The summed E-state index contributed by atoms with van der Waals surface area (Å²) in [5, 5.41) is 21.7. The number of aliphatic carboxylic acids is 2. The lowest BCUT2D eigenvalue weighted by Gasteiger charge is -2.37. The van der Waals surface area contributed by atoms with Gasteiger partial charge < -0.3 is 20.4 Å². The quantitative estimate of drug-likeness (QED) is 0.350. The van der Waals surface area contributed by atoms with E-state index in [1.165, 1.54) is 28.5 Å². The van der Waals surface area contributed by atoms with Gasteiger partial charge in [-0.2, -0.15) is 0 Å². The number of benzene rings is 1. The van der Waals surface area contributed by atoms with Crippen molar-refractivity contribution in [2.45, 2.75) is 50.4 Å². The molecule has 1 aliphatic heterocycles. The van der Waals surface area contributed by atoms with E-state index in [-0.39, 0.29) is 29.1 Å². The smallest absolute Gasteiger partial charge is 0.327 e. The normalized spacial score (nSPS) is 19.0. The summed E-state index contributed by atoms with van der Waals surface area (Å²) in [6, 6.07) is 6.34. The third kappa shape index (κ3) is 7.16. The molecule has 0 bridgehead atoms. The lowest BCUT2D eigenvalue weighted by molar-refractivity contribution is -0.140. The Labute approximate surface area is 210 Å². The van der Waals surface area contributed by atoms with Crippen molar-refractivity contribution < 1.29 is 29.4 Å². The van der Waals surface area contributed by atoms with E-state index in [1.54, 1.807) is 6.07 Å². The van der Waals surface area contributed by atoms with E-state index >= 15 is 0 Å². The van der Waals surface area contributed by atoms with E-state index in [9.17, 15) is 29.4 Å². The van der Waals surface area contributed by atoms with Gasteiger partial charge in [-0.3, -0.25) is 14.4 Å². The number of Topliss-reactive ketones (excluding diaryl/α,β-unsaturated/α-hetero) is 1. The molecule has 0 aromatic heterocycles. The highest BCUT2D eigenvalue weighted by atomic mass is 35.5. The van der Waals surface area contributed by atoms with Crippen molar-refractivity contribution in [1.29, 1.82) is 0 Å². The Kier molecular flexibility index (Phi) is 9.32. The van der Waals surface area contributed by atoms with Crippen molar-refractivity contribution in [2.75, 3.05) is 12.3 Å². The largest absolute Gasteiger partial charge is 0.481 e. The van der Waals surface area contributed by atoms with E-state index in [2.05, 4.69) is 5.32 Å². The summed E-state index contributed by atoms with van der Waals surface area (Å²) >= 11 is 6.35. The molecule has 2 unspecified atom stereocenters. The van der Waals surface area contributed by atoms with Crippen LogP contribution < -0.4 is 5.32 Å². The molecular formula is C23H27ClN2O6S2. The van der Waals surface area contributed by atoms with Crippen LogP contribution in [0.4, 0.5) is 0 Å². The minimum absolute atomic E-state index is 0.0275. The number of carbonyl (C=O) groups is 4. The number of hydrogen-bond acceptors (Lipinski definition) is 7. The zero-order chi connectivity index (χ0) is 24.8. The first-order chi connectivity index (χ1) is 16.2. The van der Waals surface area contributed by atoms with Gasteiger partial charge in [0.2, 0.25) is 5.91 Å². The van der Waals surface area contributed by atoms with E-state index < -0.39 is 23.9 Å². The number of nitrogens with one attached hydrogen (secondary N) is 1. The van der Waals surface area contributed by atoms with Crippen LogP contribution in [0, 0.1) is 5.92 Å². The number of ketones is 1. The van der Waals surface area contributed by atoms with Crippen LogP contribution in [0.15, 0.2) is 35.5 Å². The maximum atomic E-state index is 13.3. The SMILES string of the molecule is CC(=O)NC(CSSC1CCN(Cc2ccccc2Cl)C(C(=O)C2CC2)=C1CC(=O)O)C(=O)O. The van der Waals surface area contributed by atoms with Gasteiger partial charge in [-0.25, -0.2) is 4.79 Å². The van der Waals surface area contributed by atoms with Gasteiger partial charge in [0.05, 0.1) is 12.1 Å². The summed E-state index contributed by atoms with van der Waals surface area (Å²) in [6.07, 6.45) is 1.93. The van der Waals surface area contributed by atoms with Crippen molar-refractivity contribution in [1.82, 2.24) is 10.2 Å². The Morgan fingerprint density at radius 1 is 1.18 bits per heavy atom. The molecule has 2 atom stereocenters. The molecule has 1 aromatic rings. The van der Waals surface area contributed by atoms with Crippen LogP contribution in [0.5, 0.6) is 0 Å². The fourth-order valence-electron chi connectivity index (χ4n) is 3.83.